The minimum Gasteiger partial charge on any atom is -0.472 e. The molecule has 1 aliphatic heterocycles. The summed E-state index contributed by atoms with van der Waals surface area (Å²) in [5, 5.41) is 2.61. The van der Waals surface area contributed by atoms with E-state index in [1.165, 1.54) is 42.9 Å². The van der Waals surface area contributed by atoms with Crippen molar-refractivity contribution in [3.63, 3.8) is 0 Å². The second-order valence-corrected chi connectivity index (χ2v) is 6.83. The third-order valence-corrected chi connectivity index (χ3v) is 4.93. The lowest BCUT2D eigenvalue weighted by Gasteiger charge is -2.10. The van der Waals surface area contributed by atoms with Gasteiger partial charge in [0.1, 0.15) is 12.3 Å². The molecule has 0 radical (unpaired) electrons. The van der Waals surface area contributed by atoms with E-state index in [-0.39, 0.29) is 17.4 Å². The molecular formula is C15H14N2O6S. The van der Waals surface area contributed by atoms with E-state index < -0.39 is 22.0 Å². The Kier molecular flexibility index (Phi) is 4.36. The second-order valence-electron chi connectivity index (χ2n) is 5.12. The first-order valence-corrected chi connectivity index (χ1v) is 8.56. The molecule has 2 N–H and O–H groups in total. The number of furan rings is 1. The zero-order chi connectivity index (χ0) is 17.2. The van der Waals surface area contributed by atoms with Gasteiger partial charge in [-0.2, -0.15) is 4.72 Å². The van der Waals surface area contributed by atoms with Crippen molar-refractivity contribution in [2.45, 2.75) is 17.4 Å². The molecule has 1 unspecified atom stereocenters. The van der Waals surface area contributed by atoms with Crippen LogP contribution in [-0.2, 0) is 19.6 Å². The first-order chi connectivity index (χ1) is 11.5. The normalized spacial score (nSPS) is 17.5. The highest BCUT2D eigenvalue weighted by Crippen LogP contribution is 2.17. The summed E-state index contributed by atoms with van der Waals surface area (Å²) in [6.45, 7) is 0.199. The van der Waals surface area contributed by atoms with Crippen LogP contribution in [0.25, 0.3) is 0 Å². The highest BCUT2D eigenvalue weighted by atomic mass is 32.2. The molecule has 126 valence electrons. The van der Waals surface area contributed by atoms with E-state index in [2.05, 4.69) is 10.0 Å². The predicted molar refractivity (Wildman–Crippen MR) is 82.8 cm³/mol. The number of amides is 1. The maximum absolute atomic E-state index is 12.2. The lowest BCUT2D eigenvalue weighted by atomic mass is 10.3. The third kappa shape index (κ3) is 3.47. The predicted octanol–water partition coefficient (Wildman–Crippen LogP) is 1.13. The number of nitrogens with one attached hydrogen (secondary N) is 2. The molecule has 0 aliphatic carbocycles. The summed E-state index contributed by atoms with van der Waals surface area (Å²) in [5.74, 6) is -0.950. The van der Waals surface area contributed by atoms with E-state index in [9.17, 15) is 18.0 Å². The SMILES string of the molecule is O=C(Nc1ccc(S(=O)(=O)NC2CCOC2=O)cc1)c1ccoc1. The van der Waals surface area contributed by atoms with Gasteiger partial charge in [0, 0.05) is 12.1 Å². The first kappa shape index (κ1) is 16.2. The molecular weight excluding hydrogens is 336 g/mol. The molecule has 1 aromatic carbocycles. The van der Waals surface area contributed by atoms with E-state index in [0.717, 1.165) is 0 Å². The maximum atomic E-state index is 12.2. The molecule has 2 heterocycles. The van der Waals surface area contributed by atoms with E-state index in [1.54, 1.807) is 0 Å². The van der Waals surface area contributed by atoms with Crippen molar-refractivity contribution < 1.29 is 27.2 Å². The lowest BCUT2D eigenvalue weighted by molar-refractivity contribution is -0.139. The molecule has 1 saturated heterocycles. The van der Waals surface area contributed by atoms with E-state index in [0.29, 0.717) is 17.7 Å². The van der Waals surface area contributed by atoms with Gasteiger partial charge < -0.3 is 14.5 Å². The minimum absolute atomic E-state index is 0.0106. The van der Waals surface area contributed by atoms with Crippen LogP contribution in [0.5, 0.6) is 0 Å². The summed E-state index contributed by atoms with van der Waals surface area (Å²) >= 11 is 0. The Hall–Kier alpha value is -2.65. The maximum Gasteiger partial charge on any atom is 0.324 e. The Bertz CT molecular complexity index is 843. The smallest absolute Gasteiger partial charge is 0.324 e. The zero-order valence-corrected chi connectivity index (χ0v) is 13.2. The molecule has 2 aromatic rings. The highest BCUT2D eigenvalue weighted by Gasteiger charge is 2.31. The van der Waals surface area contributed by atoms with Gasteiger partial charge in [-0.1, -0.05) is 0 Å². The first-order valence-electron chi connectivity index (χ1n) is 7.08. The topological polar surface area (TPSA) is 115 Å². The van der Waals surface area contributed by atoms with Crippen LogP contribution in [0.2, 0.25) is 0 Å². The average molecular weight is 350 g/mol. The molecule has 24 heavy (non-hydrogen) atoms. The van der Waals surface area contributed by atoms with Crippen LogP contribution >= 0.6 is 0 Å². The number of ether oxygens (including phenoxy) is 1. The molecule has 1 fully saturated rings. The average Bonchev–Trinajstić information content (AvgIpc) is 3.20. The van der Waals surface area contributed by atoms with Crippen LogP contribution in [0.1, 0.15) is 16.8 Å². The van der Waals surface area contributed by atoms with Gasteiger partial charge in [-0.25, -0.2) is 8.42 Å². The van der Waals surface area contributed by atoms with Gasteiger partial charge in [-0.15, -0.1) is 0 Å². The monoisotopic (exact) mass is 350 g/mol. The van der Waals surface area contributed by atoms with Crippen molar-refractivity contribution in [1.82, 2.24) is 4.72 Å². The third-order valence-electron chi connectivity index (χ3n) is 3.44. The summed E-state index contributed by atoms with van der Waals surface area (Å²) in [6.07, 6.45) is 2.99. The van der Waals surface area contributed by atoms with Gasteiger partial charge in [-0.3, -0.25) is 9.59 Å². The minimum atomic E-state index is -3.84. The van der Waals surface area contributed by atoms with Crippen molar-refractivity contribution in [2.75, 3.05) is 11.9 Å². The molecule has 0 saturated carbocycles. The van der Waals surface area contributed by atoms with Crippen LogP contribution in [0.15, 0.2) is 52.2 Å². The highest BCUT2D eigenvalue weighted by molar-refractivity contribution is 7.89. The van der Waals surface area contributed by atoms with Gasteiger partial charge in [0.25, 0.3) is 5.91 Å². The number of esters is 1. The molecule has 0 spiro atoms. The Labute approximate surface area is 137 Å². The summed E-state index contributed by atoms with van der Waals surface area (Å²) in [7, 11) is -3.84. The quantitative estimate of drug-likeness (QED) is 0.781. The molecule has 8 nitrogen and oxygen atoms in total. The number of benzene rings is 1. The number of sulfonamides is 1. The van der Waals surface area contributed by atoms with Crippen LogP contribution < -0.4 is 10.0 Å². The standard InChI is InChI=1S/C15H14N2O6S/c18-14(10-5-7-22-9-10)16-11-1-3-12(4-2-11)24(20,21)17-13-6-8-23-15(13)19/h1-5,7,9,13,17H,6,8H2,(H,16,18). The Morgan fingerprint density at radius 1 is 1.17 bits per heavy atom. The number of carbonyl (C=O) groups is 2. The molecule has 3 rings (SSSR count). The number of carbonyl (C=O) groups excluding carboxylic acids is 2. The van der Waals surface area contributed by atoms with Crippen molar-refractivity contribution >= 4 is 27.6 Å². The van der Waals surface area contributed by atoms with Gasteiger partial charge in [-0.05, 0) is 30.3 Å². The van der Waals surface area contributed by atoms with Crippen LogP contribution in [0.4, 0.5) is 5.69 Å². The Balaban J connectivity index is 1.69. The van der Waals surface area contributed by atoms with Gasteiger partial charge >= 0.3 is 5.97 Å². The van der Waals surface area contributed by atoms with Gasteiger partial charge in [0.05, 0.1) is 23.3 Å². The molecule has 1 aliphatic rings. The molecule has 9 heteroatoms. The summed E-state index contributed by atoms with van der Waals surface area (Å²) in [6, 6.07) is 6.24. The van der Waals surface area contributed by atoms with Crippen molar-refractivity contribution in [2.24, 2.45) is 0 Å². The second kappa shape index (κ2) is 6.46. The largest absolute Gasteiger partial charge is 0.472 e. The van der Waals surface area contributed by atoms with Crippen molar-refractivity contribution in [3.8, 4) is 0 Å². The van der Waals surface area contributed by atoms with Gasteiger partial charge in [0.2, 0.25) is 10.0 Å². The Morgan fingerprint density at radius 2 is 1.92 bits per heavy atom. The Morgan fingerprint density at radius 3 is 2.50 bits per heavy atom. The van der Waals surface area contributed by atoms with Crippen LogP contribution in [0.3, 0.4) is 0 Å². The number of rotatable bonds is 5. The lowest BCUT2D eigenvalue weighted by Crippen LogP contribution is -2.37. The fourth-order valence-corrected chi connectivity index (χ4v) is 3.39. The van der Waals surface area contributed by atoms with Crippen LogP contribution in [-0.4, -0.2) is 32.9 Å². The van der Waals surface area contributed by atoms with Crippen LogP contribution in [0, 0.1) is 0 Å². The van der Waals surface area contributed by atoms with Crippen molar-refractivity contribution in [1.29, 1.82) is 0 Å². The number of hydrogen-bond acceptors (Lipinski definition) is 6. The zero-order valence-electron chi connectivity index (χ0n) is 12.4. The number of anilines is 1. The molecule has 1 amide bonds. The van der Waals surface area contributed by atoms with Crippen molar-refractivity contribution in [3.05, 3.63) is 48.4 Å². The van der Waals surface area contributed by atoms with E-state index in [1.807, 2.05) is 0 Å². The van der Waals surface area contributed by atoms with E-state index in [4.69, 9.17) is 9.15 Å². The fraction of sp³-hybridized carbons (Fsp3) is 0.200. The molecule has 1 aromatic heterocycles. The van der Waals surface area contributed by atoms with Gasteiger partial charge in [0.15, 0.2) is 0 Å². The molecule has 0 bridgehead atoms. The molecule has 1 atom stereocenters. The summed E-state index contributed by atoms with van der Waals surface area (Å²) in [4.78, 5) is 23.2. The summed E-state index contributed by atoms with van der Waals surface area (Å²) < 4.78 is 36.3. The fourth-order valence-electron chi connectivity index (χ4n) is 2.17. The number of hydrogen-bond donors (Lipinski definition) is 2. The van der Waals surface area contributed by atoms with E-state index >= 15 is 0 Å². The summed E-state index contributed by atoms with van der Waals surface area (Å²) in [5.41, 5.74) is 0.786. The number of cyclic esters (lactones) is 1.